The summed E-state index contributed by atoms with van der Waals surface area (Å²) in [5.41, 5.74) is 0.520. The molecule has 3 rings (SSSR count). The molecule has 0 spiro atoms. The van der Waals surface area contributed by atoms with E-state index in [0.717, 1.165) is 32.5 Å². The Kier molecular flexibility index (Phi) is 4.69. The number of hydrogen-bond donors (Lipinski definition) is 1. The van der Waals surface area contributed by atoms with E-state index in [1.165, 1.54) is 6.07 Å². The first-order chi connectivity index (χ1) is 10.6. The Balaban J connectivity index is 1.65. The van der Waals surface area contributed by atoms with Gasteiger partial charge >= 0.3 is 0 Å². The van der Waals surface area contributed by atoms with Gasteiger partial charge < -0.3 is 10.2 Å². The van der Waals surface area contributed by atoms with Crippen LogP contribution in [0.3, 0.4) is 0 Å². The van der Waals surface area contributed by atoms with Crippen LogP contribution >= 0.6 is 11.6 Å². The molecule has 1 aliphatic heterocycles. The van der Waals surface area contributed by atoms with Crippen LogP contribution in [0.5, 0.6) is 0 Å². The second-order valence-corrected chi connectivity index (χ2v) is 6.84. The highest BCUT2D eigenvalue weighted by Gasteiger charge is 2.48. The highest BCUT2D eigenvalue weighted by Crippen LogP contribution is 2.51. The second kappa shape index (κ2) is 6.55. The molecule has 1 aromatic carbocycles. The van der Waals surface area contributed by atoms with Crippen molar-refractivity contribution < 1.29 is 9.18 Å². The van der Waals surface area contributed by atoms with Crippen molar-refractivity contribution in [1.82, 2.24) is 10.2 Å². The summed E-state index contributed by atoms with van der Waals surface area (Å²) in [6.45, 7) is 2.58. The molecule has 1 saturated heterocycles. The van der Waals surface area contributed by atoms with Gasteiger partial charge in [0.1, 0.15) is 5.82 Å². The summed E-state index contributed by atoms with van der Waals surface area (Å²) >= 11 is 6.11. The number of nitrogens with one attached hydrogen (secondary N) is 1. The number of carbonyl (C=O) groups excluding carboxylic acids is 1. The van der Waals surface area contributed by atoms with Gasteiger partial charge in [0.15, 0.2) is 0 Å². The maximum atomic E-state index is 14.0. The molecule has 22 heavy (non-hydrogen) atoms. The first kappa shape index (κ1) is 15.8. The van der Waals surface area contributed by atoms with Gasteiger partial charge in [-0.25, -0.2) is 4.39 Å². The smallest absolute Gasteiger partial charge is 0.226 e. The molecule has 0 radical (unpaired) electrons. The number of hydrogen-bond acceptors (Lipinski definition) is 2. The van der Waals surface area contributed by atoms with Crippen LogP contribution in [-0.4, -0.2) is 37.5 Å². The number of amides is 1. The average molecular weight is 325 g/mol. The monoisotopic (exact) mass is 324 g/mol. The third-order valence-electron chi connectivity index (χ3n) is 4.80. The minimum atomic E-state index is -0.292. The van der Waals surface area contributed by atoms with E-state index in [-0.39, 0.29) is 23.6 Å². The normalized spacial score (nSPS) is 27.8. The minimum Gasteiger partial charge on any atom is -0.342 e. The lowest BCUT2D eigenvalue weighted by molar-refractivity contribution is -0.134. The maximum absolute atomic E-state index is 14.0. The molecule has 1 amide bonds. The van der Waals surface area contributed by atoms with E-state index in [2.05, 4.69) is 5.32 Å². The molecular weight excluding hydrogens is 303 g/mol. The molecule has 0 aromatic heterocycles. The molecule has 1 aliphatic carbocycles. The fourth-order valence-corrected chi connectivity index (χ4v) is 3.91. The summed E-state index contributed by atoms with van der Waals surface area (Å²) in [5, 5.41) is 3.62. The molecule has 3 unspecified atom stereocenters. The van der Waals surface area contributed by atoms with E-state index in [4.69, 9.17) is 11.6 Å². The van der Waals surface area contributed by atoms with Crippen molar-refractivity contribution in [2.45, 2.75) is 25.2 Å². The number of benzene rings is 1. The predicted molar refractivity (Wildman–Crippen MR) is 85.5 cm³/mol. The molecule has 2 fully saturated rings. The van der Waals surface area contributed by atoms with Crippen molar-refractivity contribution in [3.63, 3.8) is 0 Å². The van der Waals surface area contributed by atoms with Crippen molar-refractivity contribution >= 4 is 17.5 Å². The molecule has 3 nitrogen and oxygen atoms in total. The third-order valence-corrected chi connectivity index (χ3v) is 5.13. The molecule has 2 aliphatic rings. The van der Waals surface area contributed by atoms with Gasteiger partial charge in [-0.15, -0.1) is 0 Å². The molecule has 1 N–H and O–H groups in total. The van der Waals surface area contributed by atoms with Gasteiger partial charge in [0.2, 0.25) is 5.91 Å². The lowest BCUT2D eigenvalue weighted by Gasteiger charge is -2.33. The lowest BCUT2D eigenvalue weighted by atomic mass is 9.97. The SMILES string of the molecule is CNCC1CCCN(C(=O)C2CC2c2c(F)cccc2Cl)C1. The number of piperidine rings is 1. The average Bonchev–Trinajstić information content (AvgIpc) is 3.27. The van der Waals surface area contributed by atoms with Crippen molar-refractivity contribution in [1.29, 1.82) is 0 Å². The Hall–Kier alpha value is -1.13. The molecule has 1 heterocycles. The van der Waals surface area contributed by atoms with Crippen molar-refractivity contribution in [3.05, 3.63) is 34.6 Å². The molecule has 1 aromatic rings. The third kappa shape index (κ3) is 3.13. The number of halogens is 2. The number of nitrogens with zero attached hydrogens (tertiary/aromatic N) is 1. The molecule has 120 valence electrons. The van der Waals surface area contributed by atoms with E-state index in [9.17, 15) is 9.18 Å². The highest BCUT2D eigenvalue weighted by molar-refractivity contribution is 6.31. The van der Waals surface area contributed by atoms with Gasteiger partial charge in [-0.05, 0) is 50.9 Å². The van der Waals surface area contributed by atoms with Crippen LogP contribution in [0.15, 0.2) is 18.2 Å². The zero-order valence-corrected chi connectivity index (χ0v) is 13.6. The first-order valence-electron chi connectivity index (χ1n) is 7.99. The van der Waals surface area contributed by atoms with Gasteiger partial charge in [0.25, 0.3) is 0 Å². The van der Waals surface area contributed by atoms with E-state index in [0.29, 0.717) is 22.9 Å². The Morgan fingerprint density at radius 3 is 3.05 bits per heavy atom. The summed E-state index contributed by atoms with van der Waals surface area (Å²) in [6, 6.07) is 4.72. The van der Waals surface area contributed by atoms with Gasteiger partial charge in [0.05, 0.1) is 0 Å². The molecule has 1 saturated carbocycles. The lowest BCUT2D eigenvalue weighted by Crippen LogP contribution is -2.43. The quantitative estimate of drug-likeness (QED) is 0.923. The van der Waals surface area contributed by atoms with E-state index in [1.807, 2.05) is 11.9 Å². The van der Waals surface area contributed by atoms with Crippen LogP contribution in [0, 0.1) is 17.7 Å². The van der Waals surface area contributed by atoms with Crippen molar-refractivity contribution in [2.75, 3.05) is 26.7 Å². The highest BCUT2D eigenvalue weighted by atomic mass is 35.5. The van der Waals surface area contributed by atoms with Crippen LogP contribution in [0.1, 0.15) is 30.7 Å². The van der Waals surface area contributed by atoms with Crippen molar-refractivity contribution in [2.24, 2.45) is 11.8 Å². The molecule has 5 heteroatoms. The van der Waals surface area contributed by atoms with E-state index in [1.54, 1.807) is 12.1 Å². The number of rotatable bonds is 4. The summed E-state index contributed by atoms with van der Waals surface area (Å²) in [4.78, 5) is 14.6. The number of carbonyl (C=O) groups is 1. The van der Waals surface area contributed by atoms with Crippen LogP contribution in [0.25, 0.3) is 0 Å². The largest absolute Gasteiger partial charge is 0.342 e. The molecule has 0 bridgehead atoms. The summed E-state index contributed by atoms with van der Waals surface area (Å²) in [6.07, 6.45) is 2.93. The van der Waals surface area contributed by atoms with E-state index >= 15 is 0 Å². The van der Waals surface area contributed by atoms with Gasteiger partial charge in [0, 0.05) is 35.5 Å². The van der Waals surface area contributed by atoms with Gasteiger partial charge in [-0.1, -0.05) is 17.7 Å². The predicted octanol–water partition coefficient (Wildman–Crippen LogP) is 3.04. The minimum absolute atomic E-state index is 0.0501. The van der Waals surface area contributed by atoms with Gasteiger partial charge in [-0.2, -0.15) is 0 Å². The molecular formula is C17H22ClFN2O. The number of likely N-dealkylation sites (tertiary alicyclic amines) is 1. The Labute approximate surface area is 135 Å². The fourth-order valence-electron chi connectivity index (χ4n) is 3.61. The maximum Gasteiger partial charge on any atom is 0.226 e. The Bertz CT molecular complexity index is 543. The zero-order chi connectivity index (χ0) is 15.7. The summed E-state index contributed by atoms with van der Waals surface area (Å²) in [7, 11) is 1.94. The Morgan fingerprint density at radius 1 is 1.50 bits per heavy atom. The van der Waals surface area contributed by atoms with Crippen LogP contribution in [0.2, 0.25) is 5.02 Å². The van der Waals surface area contributed by atoms with E-state index < -0.39 is 0 Å². The molecule has 3 atom stereocenters. The van der Waals surface area contributed by atoms with Gasteiger partial charge in [-0.3, -0.25) is 4.79 Å². The van der Waals surface area contributed by atoms with Crippen LogP contribution in [-0.2, 0) is 4.79 Å². The summed E-state index contributed by atoms with van der Waals surface area (Å²) < 4.78 is 14.0. The topological polar surface area (TPSA) is 32.3 Å². The Morgan fingerprint density at radius 2 is 2.32 bits per heavy atom. The van der Waals surface area contributed by atoms with Crippen LogP contribution < -0.4 is 5.32 Å². The first-order valence-corrected chi connectivity index (χ1v) is 8.37. The standard InChI is InChI=1S/C17H22ClFN2O/c1-20-9-11-4-3-7-21(10-11)17(22)13-8-12(13)16-14(18)5-2-6-15(16)19/h2,5-6,11-13,20H,3-4,7-10H2,1H3. The van der Waals surface area contributed by atoms with Crippen molar-refractivity contribution in [3.8, 4) is 0 Å². The van der Waals surface area contributed by atoms with Crippen LogP contribution in [0.4, 0.5) is 4.39 Å². The zero-order valence-electron chi connectivity index (χ0n) is 12.8. The summed E-state index contributed by atoms with van der Waals surface area (Å²) in [5.74, 6) is 0.259. The fraction of sp³-hybridized carbons (Fsp3) is 0.588. The second-order valence-electron chi connectivity index (χ2n) is 6.43.